The van der Waals surface area contributed by atoms with Crippen LogP contribution in [-0.2, 0) is 4.79 Å². The van der Waals surface area contributed by atoms with Crippen molar-refractivity contribution in [3.05, 3.63) is 46.6 Å². The van der Waals surface area contributed by atoms with Gasteiger partial charge in [-0.3, -0.25) is 4.79 Å². The van der Waals surface area contributed by atoms with Crippen molar-refractivity contribution >= 4 is 40.8 Å². The number of pyridine rings is 1. The minimum Gasteiger partial charge on any atom is -0.384 e. The molecule has 0 saturated heterocycles. The molecule has 6 heteroatoms. The first-order chi connectivity index (χ1) is 9.95. The molecule has 2 aromatic rings. The molecule has 110 valence electrons. The summed E-state index contributed by atoms with van der Waals surface area (Å²) >= 11 is 7.57. The molecule has 0 aliphatic rings. The highest BCUT2D eigenvalue weighted by Gasteiger charge is 2.10. The third kappa shape index (κ3) is 4.37. The number of nitrogen functional groups attached to an aromatic ring is 1. The van der Waals surface area contributed by atoms with Gasteiger partial charge in [-0.1, -0.05) is 17.7 Å². The summed E-state index contributed by atoms with van der Waals surface area (Å²) in [5.41, 5.74) is 8.20. The number of hydrogen-bond donors (Lipinski definition) is 2. The first kappa shape index (κ1) is 15.7. The number of thioether (sulfide) groups is 1. The van der Waals surface area contributed by atoms with Crippen molar-refractivity contribution in [1.29, 1.82) is 0 Å². The molecule has 0 bridgehead atoms. The molecule has 2 rings (SSSR count). The van der Waals surface area contributed by atoms with E-state index < -0.39 is 0 Å². The first-order valence-corrected chi connectivity index (χ1v) is 7.73. The maximum Gasteiger partial charge on any atom is 0.234 e. The molecular formula is C15H16ClN3OS. The molecule has 0 aliphatic carbocycles. The van der Waals surface area contributed by atoms with E-state index in [9.17, 15) is 4.79 Å². The largest absolute Gasteiger partial charge is 0.384 e. The fraction of sp³-hybridized carbons (Fsp3) is 0.200. The lowest BCUT2D eigenvalue weighted by Crippen LogP contribution is -2.15. The number of hydrogen-bond acceptors (Lipinski definition) is 4. The van der Waals surface area contributed by atoms with Crippen molar-refractivity contribution in [3.63, 3.8) is 0 Å². The Hall–Kier alpha value is -1.72. The van der Waals surface area contributed by atoms with Crippen molar-refractivity contribution in [2.45, 2.75) is 18.7 Å². The Kier molecular flexibility index (Phi) is 5.09. The van der Waals surface area contributed by atoms with E-state index in [0.717, 1.165) is 16.0 Å². The van der Waals surface area contributed by atoms with E-state index in [-0.39, 0.29) is 11.7 Å². The van der Waals surface area contributed by atoms with Gasteiger partial charge in [-0.05, 0) is 43.2 Å². The fourth-order valence-electron chi connectivity index (χ4n) is 1.88. The summed E-state index contributed by atoms with van der Waals surface area (Å²) in [7, 11) is 0. The first-order valence-electron chi connectivity index (χ1n) is 6.36. The number of aromatic nitrogens is 1. The molecule has 4 nitrogen and oxygen atoms in total. The zero-order chi connectivity index (χ0) is 15.4. The molecule has 0 spiro atoms. The third-order valence-electron chi connectivity index (χ3n) is 2.83. The molecule has 1 heterocycles. The van der Waals surface area contributed by atoms with Gasteiger partial charge in [-0.15, -0.1) is 11.8 Å². The number of halogens is 1. The van der Waals surface area contributed by atoms with Crippen LogP contribution in [-0.4, -0.2) is 16.6 Å². The molecule has 1 aromatic carbocycles. The predicted molar refractivity (Wildman–Crippen MR) is 88.9 cm³/mol. The SMILES string of the molecule is Cc1cc(C)c(NC(=O)CSc2ccc(N)nc2)c(Cl)c1. The molecule has 0 saturated carbocycles. The number of amides is 1. The normalized spacial score (nSPS) is 10.4. The molecule has 21 heavy (non-hydrogen) atoms. The second-order valence-electron chi connectivity index (χ2n) is 4.69. The fourth-order valence-corrected chi connectivity index (χ4v) is 2.91. The van der Waals surface area contributed by atoms with E-state index in [1.165, 1.54) is 11.8 Å². The maximum absolute atomic E-state index is 12.0. The van der Waals surface area contributed by atoms with Gasteiger partial charge in [0.2, 0.25) is 5.91 Å². The number of aryl methyl sites for hydroxylation is 2. The molecule has 3 N–H and O–H groups in total. The lowest BCUT2D eigenvalue weighted by Gasteiger charge is -2.11. The van der Waals surface area contributed by atoms with Gasteiger partial charge >= 0.3 is 0 Å². The Bertz CT molecular complexity index is 635. The quantitative estimate of drug-likeness (QED) is 0.843. The van der Waals surface area contributed by atoms with Crippen molar-refractivity contribution in [3.8, 4) is 0 Å². The Morgan fingerprint density at radius 3 is 2.76 bits per heavy atom. The highest BCUT2D eigenvalue weighted by atomic mass is 35.5. The van der Waals surface area contributed by atoms with Crippen LogP contribution in [0.15, 0.2) is 35.4 Å². The lowest BCUT2D eigenvalue weighted by molar-refractivity contribution is -0.113. The van der Waals surface area contributed by atoms with Gasteiger partial charge < -0.3 is 11.1 Å². The van der Waals surface area contributed by atoms with Crippen molar-refractivity contribution in [1.82, 2.24) is 4.98 Å². The Morgan fingerprint density at radius 2 is 2.14 bits per heavy atom. The average molecular weight is 322 g/mol. The molecule has 1 amide bonds. The lowest BCUT2D eigenvalue weighted by atomic mass is 10.1. The molecule has 0 aliphatic heterocycles. The van der Waals surface area contributed by atoms with Gasteiger partial charge in [0, 0.05) is 11.1 Å². The number of anilines is 2. The molecular weight excluding hydrogens is 306 g/mol. The molecule has 0 fully saturated rings. The Balaban J connectivity index is 1.97. The van der Waals surface area contributed by atoms with Crippen LogP contribution in [0.25, 0.3) is 0 Å². The molecule has 0 unspecified atom stereocenters. The average Bonchev–Trinajstić information content (AvgIpc) is 2.42. The molecule has 0 atom stereocenters. The van der Waals surface area contributed by atoms with E-state index in [4.69, 9.17) is 17.3 Å². The zero-order valence-corrected chi connectivity index (χ0v) is 13.4. The van der Waals surface area contributed by atoms with Crippen LogP contribution in [0.3, 0.4) is 0 Å². The summed E-state index contributed by atoms with van der Waals surface area (Å²) in [6.07, 6.45) is 1.65. The number of nitrogens with two attached hydrogens (primary N) is 1. The van der Waals surface area contributed by atoms with Crippen LogP contribution in [0.2, 0.25) is 5.02 Å². The number of carbonyl (C=O) groups is 1. The minimum absolute atomic E-state index is 0.106. The van der Waals surface area contributed by atoms with E-state index in [2.05, 4.69) is 10.3 Å². The van der Waals surface area contributed by atoms with Crippen molar-refractivity contribution in [2.75, 3.05) is 16.8 Å². The highest BCUT2D eigenvalue weighted by Crippen LogP contribution is 2.27. The predicted octanol–water partition coefficient (Wildman–Crippen LogP) is 3.66. The number of benzene rings is 1. The minimum atomic E-state index is -0.106. The Morgan fingerprint density at radius 1 is 1.38 bits per heavy atom. The highest BCUT2D eigenvalue weighted by molar-refractivity contribution is 8.00. The third-order valence-corrected chi connectivity index (χ3v) is 4.10. The molecule has 0 radical (unpaired) electrons. The number of nitrogens with zero attached hydrogens (tertiary/aromatic N) is 1. The van der Waals surface area contributed by atoms with E-state index in [0.29, 0.717) is 16.5 Å². The zero-order valence-electron chi connectivity index (χ0n) is 11.8. The van der Waals surface area contributed by atoms with Crippen molar-refractivity contribution < 1.29 is 4.79 Å². The standard InChI is InChI=1S/C15H16ClN3OS/c1-9-5-10(2)15(12(16)6-9)19-14(20)8-21-11-3-4-13(17)18-7-11/h3-7H,8H2,1-2H3,(H2,17,18)(H,19,20). The second kappa shape index (κ2) is 6.83. The van der Waals surface area contributed by atoms with Crippen LogP contribution in [0, 0.1) is 13.8 Å². The maximum atomic E-state index is 12.0. The van der Waals surface area contributed by atoms with Gasteiger partial charge in [0.25, 0.3) is 0 Å². The van der Waals surface area contributed by atoms with E-state index in [1.807, 2.05) is 32.0 Å². The van der Waals surface area contributed by atoms with Gasteiger partial charge in [0.1, 0.15) is 5.82 Å². The van der Waals surface area contributed by atoms with Gasteiger partial charge in [-0.2, -0.15) is 0 Å². The summed E-state index contributed by atoms with van der Waals surface area (Å²) in [6, 6.07) is 7.37. The van der Waals surface area contributed by atoms with Gasteiger partial charge in [0.15, 0.2) is 0 Å². The molecule has 1 aromatic heterocycles. The summed E-state index contributed by atoms with van der Waals surface area (Å²) in [6.45, 7) is 3.89. The van der Waals surface area contributed by atoms with E-state index >= 15 is 0 Å². The Labute approximate surface area is 133 Å². The summed E-state index contributed by atoms with van der Waals surface area (Å²) in [5.74, 6) is 0.645. The summed E-state index contributed by atoms with van der Waals surface area (Å²) in [4.78, 5) is 16.9. The van der Waals surface area contributed by atoms with Gasteiger partial charge in [0.05, 0.1) is 16.5 Å². The number of rotatable bonds is 4. The van der Waals surface area contributed by atoms with Crippen molar-refractivity contribution in [2.24, 2.45) is 0 Å². The number of nitrogens with one attached hydrogen (secondary N) is 1. The van der Waals surface area contributed by atoms with Crippen LogP contribution < -0.4 is 11.1 Å². The summed E-state index contributed by atoms with van der Waals surface area (Å²) in [5, 5.41) is 3.41. The van der Waals surface area contributed by atoms with Crippen LogP contribution in [0.1, 0.15) is 11.1 Å². The summed E-state index contributed by atoms with van der Waals surface area (Å²) < 4.78 is 0. The topological polar surface area (TPSA) is 68.0 Å². The van der Waals surface area contributed by atoms with Crippen LogP contribution in [0.4, 0.5) is 11.5 Å². The smallest absolute Gasteiger partial charge is 0.234 e. The monoisotopic (exact) mass is 321 g/mol. The second-order valence-corrected chi connectivity index (χ2v) is 6.15. The van der Waals surface area contributed by atoms with Crippen LogP contribution in [0.5, 0.6) is 0 Å². The number of carbonyl (C=O) groups excluding carboxylic acids is 1. The van der Waals surface area contributed by atoms with Crippen LogP contribution >= 0.6 is 23.4 Å². The van der Waals surface area contributed by atoms with E-state index in [1.54, 1.807) is 12.3 Å². The van der Waals surface area contributed by atoms with Gasteiger partial charge in [-0.25, -0.2) is 4.98 Å².